The standard InChI is InChI=1S/C24H29NO6/c1-2-3-4-5-6-7-8-9-18-30-23(26)19-10-12-20(13-11-19)24(27)31-22-16-14-21(15-17-22)25(28)29/h10-17H,2-9,18H2,1H3. The summed E-state index contributed by atoms with van der Waals surface area (Å²) in [5, 5.41) is 10.7. The average Bonchev–Trinajstić information content (AvgIpc) is 2.78. The van der Waals surface area contributed by atoms with Gasteiger partial charge in [0.25, 0.3) is 5.69 Å². The van der Waals surface area contributed by atoms with Crippen molar-refractivity contribution in [3.63, 3.8) is 0 Å². The van der Waals surface area contributed by atoms with Crippen LogP contribution in [0, 0.1) is 10.1 Å². The molecule has 2 rings (SSSR count). The van der Waals surface area contributed by atoms with Gasteiger partial charge in [0, 0.05) is 12.1 Å². The van der Waals surface area contributed by atoms with E-state index in [1.807, 2.05) is 0 Å². The minimum absolute atomic E-state index is 0.0883. The van der Waals surface area contributed by atoms with E-state index >= 15 is 0 Å². The lowest BCUT2D eigenvalue weighted by Crippen LogP contribution is -2.10. The van der Waals surface area contributed by atoms with Crippen molar-refractivity contribution < 1.29 is 24.0 Å². The van der Waals surface area contributed by atoms with Crippen molar-refractivity contribution in [1.29, 1.82) is 0 Å². The van der Waals surface area contributed by atoms with Gasteiger partial charge in [-0.1, -0.05) is 51.9 Å². The summed E-state index contributed by atoms with van der Waals surface area (Å²) >= 11 is 0. The minimum Gasteiger partial charge on any atom is -0.462 e. The van der Waals surface area contributed by atoms with E-state index in [1.54, 1.807) is 0 Å². The molecule has 7 heteroatoms. The lowest BCUT2D eigenvalue weighted by molar-refractivity contribution is -0.384. The number of non-ortho nitro benzene ring substituents is 1. The van der Waals surface area contributed by atoms with Gasteiger partial charge in [0.15, 0.2) is 0 Å². The van der Waals surface area contributed by atoms with Gasteiger partial charge in [0.2, 0.25) is 0 Å². The molecule has 0 aliphatic carbocycles. The van der Waals surface area contributed by atoms with Crippen molar-refractivity contribution in [1.82, 2.24) is 0 Å². The van der Waals surface area contributed by atoms with Crippen LogP contribution in [0.4, 0.5) is 5.69 Å². The van der Waals surface area contributed by atoms with Crippen molar-refractivity contribution in [2.45, 2.75) is 58.3 Å². The number of carbonyl (C=O) groups is 2. The molecule has 2 aromatic carbocycles. The fourth-order valence-corrected chi connectivity index (χ4v) is 3.03. The van der Waals surface area contributed by atoms with Crippen LogP contribution in [-0.2, 0) is 4.74 Å². The third-order valence-corrected chi connectivity index (χ3v) is 4.85. The Labute approximate surface area is 182 Å². The summed E-state index contributed by atoms with van der Waals surface area (Å²) in [6.45, 7) is 2.59. The number of esters is 2. The number of unbranched alkanes of at least 4 members (excludes halogenated alkanes) is 7. The highest BCUT2D eigenvalue weighted by Crippen LogP contribution is 2.19. The van der Waals surface area contributed by atoms with Crippen LogP contribution in [-0.4, -0.2) is 23.5 Å². The Morgan fingerprint density at radius 2 is 1.29 bits per heavy atom. The van der Waals surface area contributed by atoms with Crippen molar-refractivity contribution in [3.8, 4) is 5.75 Å². The highest BCUT2D eigenvalue weighted by Gasteiger charge is 2.13. The third-order valence-electron chi connectivity index (χ3n) is 4.85. The molecule has 0 N–H and O–H groups in total. The van der Waals surface area contributed by atoms with Gasteiger partial charge in [-0.3, -0.25) is 10.1 Å². The van der Waals surface area contributed by atoms with Crippen LogP contribution >= 0.6 is 0 Å². The zero-order valence-corrected chi connectivity index (χ0v) is 17.9. The van der Waals surface area contributed by atoms with E-state index in [2.05, 4.69) is 6.92 Å². The number of carbonyl (C=O) groups excluding carboxylic acids is 2. The highest BCUT2D eigenvalue weighted by molar-refractivity contribution is 5.94. The van der Waals surface area contributed by atoms with Crippen molar-refractivity contribution in [2.75, 3.05) is 6.61 Å². The molecule has 0 unspecified atom stereocenters. The van der Waals surface area contributed by atoms with Crippen molar-refractivity contribution in [3.05, 3.63) is 69.8 Å². The molecule has 0 amide bonds. The predicted octanol–water partition coefficient (Wildman–Crippen LogP) is 6.11. The Bertz CT molecular complexity index is 845. The Morgan fingerprint density at radius 1 is 0.774 bits per heavy atom. The van der Waals surface area contributed by atoms with Crippen molar-refractivity contribution >= 4 is 17.6 Å². The topological polar surface area (TPSA) is 95.7 Å². The van der Waals surface area contributed by atoms with Gasteiger partial charge >= 0.3 is 11.9 Å². The summed E-state index contributed by atoms with van der Waals surface area (Å²) in [6.07, 6.45) is 9.39. The number of nitro benzene ring substituents is 1. The van der Waals surface area contributed by atoms with Crippen LogP contribution in [0.5, 0.6) is 5.75 Å². The summed E-state index contributed by atoms with van der Waals surface area (Å²) in [7, 11) is 0. The fraction of sp³-hybridized carbons (Fsp3) is 0.417. The summed E-state index contributed by atoms with van der Waals surface area (Å²) in [5.74, 6) is -0.838. The van der Waals surface area contributed by atoms with E-state index in [4.69, 9.17) is 9.47 Å². The normalized spacial score (nSPS) is 10.5. The van der Waals surface area contributed by atoms with Crippen LogP contribution in [0.25, 0.3) is 0 Å². The highest BCUT2D eigenvalue weighted by atomic mass is 16.6. The average molecular weight is 427 g/mol. The molecule has 0 bridgehead atoms. The second-order valence-corrected chi connectivity index (χ2v) is 7.33. The van der Waals surface area contributed by atoms with Gasteiger partial charge < -0.3 is 9.47 Å². The maximum Gasteiger partial charge on any atom is 0.343 e. The third kappa shape index (κ3) is 8.58. The lowest BCUT2D eigenvalue weighted by atomic mass is 10.1. The fourth-order valence-electron chi connectivity index (χ4n) is 3.03. The maximum absolute atomic E-state index is 12.2. The van der Waals surface area contributed by atoms with Crippen molar-refractivity contribution in [2.24, 2.45) is 0 Å². The number of hydrogen-bond donors (Lipinski definition) is 0. The van der Waals surface area contributed by atoms with E-state index in [-0.39, 0.29) is 17.0 Å². The first-order chi connectivity index (χ1) is 15.0. The number of nitro groups is 1. The molecule has 0 spiro atoms. The van der Waals surface area contributed by atoms with Crippen LogP contribution in [0.15, 0.2) is 48.5 Å². The molecule has 0 saturated heterocycles. The maximum atomic E-state index is 12.2. The molecule has 0 saturated carbocycles. The first kappa shape index (κ1) is 24.1. The Morgan fingerprint density at radius 3 is 1.84 bits per heavy atom. The lowest BCUT2D eigenvalue weighted by Gasteiger charge is -2.07. The second-order valence-electron chi connectivity index (χ2n) is 7.33. The number of nitrogens with zero attached hydrogens (tertiary/aromatic N) is 1. The molecule has 0 heterocycles. The molecule has 0 aliphatic heterocycles. The van der Waals surface area contributed by atoms with E-state index in [1.165, 1.54) is 80.6 Å². The smallest absolute Gasteiger partial charge is 0.343 e. The van der Waals surface area contributed by atoms with Crippen LogP contribution in [0.1, 0.15) is 79.0 Å². The van der Waals surface area contributed by atoms with Gasteiger partial charge in [-0.15, -0.1) is 0 Å². The van der Waals surface area contributed by atoms with E-state index in [9.17, 15) is 19.7 Å². The SMILES string of the molecule is CCCCCCCCCCOC(=O)c1ccc(C(=O)Oc2ccc([N+](=O)[O-])cc2)cc1. The monoisotopic (exact) mass is 427 g/mol. The first-order valence-corrected chi connectivity index (χ1v) is 10.7. The molecule has 0 radical (unpaired) electrons. The number of hydrogen-bond acceptors (Lipinski definition) is 6. The number of rotatable bonds is 13. The summed E-state index contributed by atoms with van der Waals surface area (Å²) in [4.78, 5) is 34.4. The second kappa shape index (κ2) is 13.2. The molecule has 0 aromatic heterocycles. The minimum atomic E-state index is -0.618. The van der Waals surface area contributed by atoms with Gasteiger partial charge in [0.1, 0.15) is 5.75 Å². The molecular formula is C24H29NO6. The summed E-state index contributed by atoms with van der Waals surface area (Å²) in [6, 6.07) is 11.2. The van der Waals surface area contributed by atoms with E-state index in [0.717, 1.165) is 19.3 Å². The first-order valence-electron chi connectivity index (χ1n) is 10.7. The molecule has 2 aromatic rings. The van der Waals surface area contributed by atoms with E-state index < -0.39 is 16.9 Å². The van der Waals surface area contributed by atoms with Gasteiger partial charge in [-0.25, -0.2) is 9.59 Å². The summed E-state index contributed by atoms with van der Waals surface area (Å²) < 4.78 is 10.5. The zero-order chi connectivity index (χ0) is 22.5. The van der Waals surface area contributed by atoms with Gasteiger partial charge in [0.05, 0.1) is 22.7 Å². The Balaban J connectivity index is 1.72. The molecule has 7 nitrogen and oxygen atoms in total. The largest absolute Gasteiger partial charge is 0.462 e. The molecule has 31 heavy (non-hydrogen) atoms. The van der Waals surface area contributed by atoms with Crippen LogP contribution in [0.2, 0.25) is 0 Å². The molecule has 0 fully saturated rings. The zero-order valence-electron chi connectivity index (χ0n) is 17.9. The van der Waals surface area contributed by atoms with E-state index in [0.29, 0.717) is 12.2 Å². The number of benzene rings is 2. The Hall–Kier alpha value is -3.22. The molecule has 0 atom stereocenters. The number of ether oxygens (including phenoxy) is 2. The van der Waals surface area contributed by atoms with Gasteiger partial charge in [-0.05, 0) is 42.8 Å². The predicted molar refractivity (Wildman–Crippen MR) is 117 cm³/mol. The molecule has 166 valence electrons. The molecular weight excluding hydrogens is 398 g/mol. The molecule has 0 aliphatic rings. The Kier molecular flexibility index (Phi) is 10.2. The summed E-state index contributed by atoms with van der Waals surface area (Å²) in [5.41, 5.74) is 0.541. The quantitative estimate of drug-likeness (QED) is 0.126. The van der Waals surface area contributed by atoms with Crippen LogP contribution in [0.3, 0.4) is 0 Å². The van der Waals surface area contributed by atoms with Gasteiger partial charge in [-0.2, -0.15) is 0 Å². The van der Waals surface area contributed by atoms with Crippen LogP contribution < -0.4 is 4.74 Å².